The topological polar surface area (TPSA) is 85.2 Å². The van der Waals surface area contributed by atoms with Gasteiger partial charge < -0.3 is 15.4 Å². The first kappa shape index (κ1) is 19.2. The van der Waals surface area contributed by atoms with E-state index in [-0.39, 0.29) is 11.7 Å². The molecule has 144 valence electrons. The number of nitrogens with zero attached hydrogens (tertiary/aromatic N) is 2. The number of amides is 2. The number of carbonyl (C=O) groups excluding carboxylic acids is 2. The minimum absolute atomic E-state index is 0.252. The highest BCUT2D eigenvalue weighted by molar-refractivity contribution is 5.89. The van der Waals surface area contributed by atoms with Crippen LogP contribution in [0.1, 0.15) is 23.0 Å². The van der Waals surface area contributed by atoms with Crippen molar-refractivity contribution < 1.29 is 14.3 Å². The number of esters is 1. The summed E-state index contributed by atoms with van der Waals surface area (Å²) in [7, 11) is 0. The van der Waals surface area contributed by atoms with Crippen molar-refractivity contribution in [3.63, 3.8) is 0 Å². The molecule has 1 aromatic heterocycles. The Bertz CT molecular complexity index is 920. The maximum atomic E-state index is 12.0. The molecule has 0 atom stereocenters. The molecule has 0 aliphatic carbocycles. The van der Waals surface area contributed by atoms with Crippen molar-refractivity contribution in [3.8, 4) is 5.69 Å². The zero-order valence-corrected chi connectivity index (χ0v) is 15.6. The van der Waals surface area contributed by atoms with Crippen LogP contribution < -0.4 is 10.6 Å². The van der Waals surface area contributed by atoms with E-state index in [2.05, 4.69) is 15.7 Å². The van der Waals surface area contributed by atoms with Gasteiger partial charge in [-0.15, -0.1) is 0 Å². The molecule has 7 heteroatoms. The summed E-state index contributed by atoms with van der Waals surface area (Å²) in [6.07, 6.45) is 2.46. The molecule has 0 aliphatic rings. The molecule has 0 unspecified atom stereocenters. The lowest BCUT2D eigenvalue weighted by Crippen LogP contribution is -2.30. The van der Waals surface area contributed by atoms with Gasteiger partial charge in [0, 0.05) is 18.4 Å². The Morgan fingerprint density at radius 3 is 2.50 bits per heavy atom. The number of ether oxygens (including phenoxy) is 1. The number of hydrogen-bond donors (Lipinski definition) is 2. The number of carbonyl (C=O) groups is 2. The Kier molecular flexibility index (Phi) is 6.41. The second-order valence-corrected chi connectivity index (χ2v) is 6.03. The largest absolute Gasteiger partial charge is 0.461 e. The van der Waals surface area contributed by atoms with Gasteiger partial charge >= 0.3 is 12.0 Å². The Labute approximate surface area is 163 Å². The number of urea groups is 1. The molecule has 0 fully saturated rings. The van der Waals surface area contributed by atoms with E-state index in [4.69, 9.17) is 4.74 Å². The summed E-state index contributed by atoms with van der Waals surface area (Å²) in [5.41, 5.74) is 2.86. The highest BCUT2D eigenvalue weighted by atomic mass is 16.5. The van der Waals surface area contributed by atoms with Gasteiger partial charge in [-0.05, 0) is 49.2 Å². The lowest BCUT2D eigenvalue weighted by atomic mass is 10.1. The number of hydrogen-bond acceptors (Lipinski definition) is 4. The summed E-state index contributed by atoms with van der Waals surface area (Å²) in [4.78, 5) is 23.7. The average molecular weight is 378 g/mol. The van der Waals surface area contributed by atoms with Gasteiger partial charge in [-0.25, -0.2) is 14.3 Å². The molecule has 28 heavy (non-hydrogen) atoms. The summed E-state index contributed by atoms with van der Waals surface area (Å²) < 4.78 is 6.51. The maximum absolute atomic E-state index is 12.0. The molecule has 2 amide bonds. The van der Waals surface area contributed by atoms with Gasteiger partial charge in [0.05, 0.1) is 12.3 Å². The van der Waals surface area contributed by atoms with Gasteiger partial charge in [0.1, 0.15) is 0 Å². The fourth-order valence-corrected chi connectivity index (χ4v) is 2.62. The van der Waals surface area contributed by atoms with Crippen molar-refractivity contribution in [1.82, 2.24) is 15.1 Å². The van der Waals surface area contributed by atoms with Crippen molar-refractivity contribution in [3.05, 3.63) is 78.1 Å². The monoisotopic (exact) mass is 378 g/mol. The van der Waals surface area contributed by atoms with Gasteiger partial charge in [0.25, 0.3) is 0 Å². The zero-order chi connectivity index (χ0) is 19.8. The molecule has 0 bridgehead atoms. The molecule has 0 saturated heterocycles. The second-order valence-electron chi connectivity index (χ2n) is 6.03. The van der Waals surface area contributed by atoms with Crippen LogP contribution in [0.5, 0.6) is 0 Å². The van der Waals surface area contributed by atoms with Crippen LogP contribution in [0.3, 0.4) is 0 Å². The first-order chi connectivity index (χ1) is 13.7. The normalized spacial score (nSPS) is 10.3. The van der Waals surface area contributed by atoms with Crippen LogP contribution in [0.25, 0.3) is 5.69 Å². The van der Waals surface area contributed by atoms with Gasteiger partial charge in [0.15, 0.2) is 5.69 Å². The molecule has 1 heterocycles. The highest BCUT2D eigenvalue weighted by Gasteiger charge is 2.11. The summed E-state index contributed by atoms with van der Waals surface area (Å²) in [6, 6.07) is 18.5. The van der Waals surface area contributed by atoms with E-state index in [1.807, 2.05) is 42.5 Å². The summed E-state index contributed by atoms with van der Waals surface area (Å²) in [5.74, 6) is -0.452. The molecule has 2 N–H and O–H groups in total. The van der Waals surface area contributed by atoms with Gasteiger partial charge in [-0.1, -0.05) is 30.3 Å². The number of benzene rings is 2. The fourth-order valence-electron chi connectivity index (χ4n) is 2.62. The fraction of sp³-hybridized carbons (Fsp3) is 0.190. The smallest absolute Gasteiger partial charge is 0.358 e. The zero-order valence-electron chi connectivity index (χ0n) is 15.6. The van der Waals surface area contributed by atoms with Crippen LogP contribution in [0, 0.1) is 0 Å². The molecule has 0 aliphatic heterocycles. The minimum atomic E-state index is -0.452. The summed E-state index contributed by atoms with van der Waals surface area (Å²) >= 11 is 0. The van der Waals surface area contributed by atoms with Crippen LogP contribution in [0.2, 0.25) is 0 Å². The predicted molar refractivity (Wildman–Crippen MR) is 107 cm³/mol. The number of rotatable bonds is 7. The molecular weight excluding hydrogens is 356 g/mol. The van der Waals surface area contributed by atoms with Gasteiger partial charge in [0.2, 0.25) is 0 Å². The molecule has 7 nitrogen and oxygen atoms in total. The van der Waals surface area contributed by atoms with Gasteiger partial charge in [-0.2, -0.15) is 5.10 Å². The number of nitrogens with one attached hydrogen (secondary N) is 2. The predicted octanol–water partition coefficient (Wildman–Crippen LogP) is 3.41. The third kappa shape index (κ3) is 5.20. The molecule has 3 aromatic rings. The Morgan fingerprint density at radius 1 is 1.04 bits per heavy atom. The van der Waals surface area contributed by atoms with E-state index in [9.17, 15) is 9.59 Å². The van der Waals surface area contributed by atoms with Gasteiger partial charge in [-0.3, -0.25) is 0 Å². The van der Waals surface area contributed by atoms with Crippen molar-refractivity contribution in [2.45, 2.75) is 13.3 Å². The van der Waals surface area contributed by atoms with Crippen molar-refractivity contribution in [2.24, 2.45) is 0 Å². The Morgan fingerprint density at radius 2 is 1.79 bits per heavy atom. The quantitative estimate of drug-likeness (QED) is 0.617. The second kappa shape index (κ2) is 9.36. The van der Waals surface area contributed by atoms with Crippen molar-refractivity contribution >= 4 is 17.7 Å². The van der Waals surface area contributed by atoms with Crippen LogP contribution in [-0.2, 0) is 11.2 Å². The van der Waals surface area contributed by atoms with E-state index in [1.54, 1.807) is 36.0 Å². The van der Waals surface area contributed by atoms with Crippen LogP contribution in [0.4, 0.5) is 10.5 Å². The van der Waals surface area contributed by atoms with Crippen LogP contribution in [0.15, 0.2) is 66.9 Å². The van der Waals surface area contributed by atoms with E-state index >= 15 is 0 Å². The van der Waals surface area contributed by atoms with E-state index < -0.39 is 5.97 Å². The maximum Gasteiger partial charge on any atom is 0.358 e. The van der Waals surface area contributed by atoms with E-state index in [1.165, 1.54) is 5.56 Å². The van der Waals surface area contributed by atoms with Crippen LogP contribution >= 0.6 is 0 Å². The Hall–Kier alpha value is -3.61. The summed E-state index contributed by atoms with van der Waals surface area (Å²) in [6.45, 7) is 2.61. The molecule has 0 spiro atoms. The Balaban J connectivity index is 1.51. The van der Waals surface area contributed by atoms with Crippen molar-refractivity contribution in [2.75, 3.05) is 18.5 Å². The third-order valence-corrected chi connectivity index (χ3v) is 4.01. The standard InChI is InChI=1S/C21H22N4O3/c1-2-28-20(26)19-13-15-25(24-19)18-10-8-17(9-11-18)23-21(27)22-14-12-16-6-4-3-5-7-16/h3-11,13,15H,2,12,14H2,1H3,(H2,22,23,27). The van der Waals surface area contributed by atoms with Crippen LogP contribution in [-0.4, -0.2) is 34.9 Å². The first-order valence-electron chi connectivity index (χ1n) is 9.07. The molecular formula is C21H22N4O3. The van der Waals surface area contributed by atoms with Crippen molar-refractivity contribution in [1.29, 1.82) is 0 Å². The lowest BCUT2D eigenvalue weighted by molar-refractivity contribution is 0.0519. The molecule has 0 saturated carbocycles. The minimum Gasteiger partial charge on any atom is -0.461 e. The molecule has 2 aromatic carbocycles. The molecule has 0 radical (unpaired) electrons. The molecule has 3 rings (SSSR count). The SMILES string of the molecule is CCOC(=O)c1ccn(-c2ccc(NC(=O)NCCc3ccccc3)cc2)n1. The summed E-state index contributed by atoms with van der Waals surface area (Å²) in [5, 5.41) is 9.83. The third-order valence-electron chi connectivity index (χ3n) is 4.01. The highest BCUT2D eigenvalue weighted by Crippen LogP contribution is 2.13. The van der Waals surface area contributed by atoms with E-state index in [0.29, 0.717) is 18.8 Å². The average Bonchev–Trinajstić information content (AvgIpc) is 3.20. The number of anilines is 1. The first-order valence-corrected chi connectivity index (χ1v) is 9.07. The lowest BCUT2D eigenvalue weighted by Gasteiger charge is -2.08. The van der Waals surface area contributed by atoms with E-state index in [0.717, 1.165) is 12.1 Å². The number of aromatic nitrogens is 2.